The molecule has 0 aromatic carbocycles. The average molecular weight is 452 g/mol. The summed E-state index contributed by atoms with van der Waals surface area (Å²) in [6, 6.07) is 2.18. The Morgan fingerprint density at radius 2 is 1.91 bits per heavy atom. The number of carbonyl (C=O) groups excluding carboxylic acids is 2. The van der Waals surface area contributed by atoms with Crippen molar-refractivity contribution in [3.8, 4) is 0 Å². The largest absolute Gasteiger partial charge is 0.446 e. The number of amides is 2. The minimum Gasteiger partial charge on any atom is -0.446 e. The van der Waals surface area contributed by atoms with Gasteiger partial charge in [-0.3, -0.25) is 4.79 Å². The SMILES string of the molecule is NC(=O)C12CC3C[C@H](C1)C(OC(=O)N1CCC(Nc4ccc(C(F)(F)F)cn4)C1)[C@H](C3)C2. The van der Waals surface area contributed by atoms with E-state index in [0.29, 0.717) is 44.1 Å². The third kappa shape index (κ3) is 3.77. The van der Waals surface area contributed by atoms with Crippen LogP contribution >= 0.6 is 0 Å². The summed E-state index contributed by atoms with van der Waals surface area (Å²) in [5.74, 6) is 0.991. The van der Waals surface area contributed by atoms with E-state index in [9.17, 15) is 22.8 Å². The molecular formula is C22H27F3N4O3. The molecule has 5 aliphatic rings. The molecule has 1 saturated heterocycles. The van der Waals surface area contributed by atoms with Crippen LogP contribution in [0.25, 0.3) is 0 Å². The fourth-order valence-corrected chi connectivity index (χ4v) is 6.56. The molecule has 4 saturated carbocycles. The number of nitrogens with zero attached hydrogens (tertiary/aromatic N) is 2. The Morgan fingerprint density at radius 3 is 2.50 bits per heavy atom. The fraction of sp³-hybridized carbons (Fsp3) is 0.682. The number of hydrogen-bond donors (Lipinski definition) is 2. The molecular weight excluding hydrogens is 425 g/mol. The number of likely N-dealkylation sites (tertiary alicyclic amines) is 1. The molecule has 4 aliphatic carbocycles. The van der Waals surface area contributed by atoms with Crippen molar-refractivity contribution in [1.82, 2.24) is 9.88 Å². The molecule has 7 nitrogen and oxygen atoms in total. The minimum atomic E-state index is -4.42. The van der Waals surface area contributed by atoms with Crippen LogP contribution < -0.4 is 11.1 Å². The van der Waals surface area contributed by atoms with E-state index in [0.717, 1.165) is 31.5 Å². The van der Waals surface area contributed by atoms with E-state index < -0.39 is 17.2 Å². The van der Waals surface area contributed by atoms with E-state index >= 15 is 0 Å². The van der Waals surface area contributed by atoms with Gasteiger partial charge in [0, 0.05) is 25.3 Å². The second kappa shape index (κ2) is 7.52. The van der Waals surface area contributed by atoms with E-state index in [-0.39, 0.29) is 36.0 Å². The number of nitrogens with one attached hydrogen (secondary N) is 1. The van der Waals surface area contributed by atoms with Crippen LogP contribution in [0.1, 0.15) is 44.1 Å². The lowest BCUT2D eigenvalue weighted by Crippen LogP contribution is -2.59. The van der Waals surface area contributed by atoms with Gasteiger partial charge in [-0.1, -0.05) is 0 Å². The molecule has 4 bridgehead atoms. The molecule has 0 radical (unpaired) electrons. The molecule has 6 rings (SSSR count). The number of pyridine rings is 1. The summed E-state index contributed by atoms with van der Waals surface area (Å²) in [5.41, 5.74) is 4.51. The predicted molar refractivity (Wildman–Crippen MR) is 108 cm³/mol. The first-order valence-corrected chi connectivity index (χ1v) is 11.2. The van der Waals surface area contributed by atoms with Gasteiger partial charge in [0.2, 0.25) is 5.91 Å². The highest BCUT2D eigenvalue weighted by atomic mass is 19.4. The molecule has 3 N–H and O–H groups in total. The van der Waals surface area contributed by atoms with Crippen LogP contribution in [0.2, 0.25) is 0 Å². The van der Waals surface area contributed by atoms with E-state index in [1.54, 1.807) is 4.90 Å². The zero-order valence-electron chi connectivity index (χ0n) is 17.6. The maximum Gasteiger partial charge on any atom is 0.417 e. The summed E-state index contributed by atoms with van der Waals surface area (Å²) >= 11 is 0. The molecule has 174 valence electrons. The number of nitrogens with two attached hydrogens (primary N) is 1. The summed E-state index contributed by atoms with van der Waals surface area (Å²) in [6.45, 7) is 0.907. The van der Waals surface area contributed by atoms with Crippen molar-refractivity contribution in [3.05, 3.63) is 23.9 Å². The molecule has 0 spiro atoms. The molecule has 3 atom stereocenters. The van der Waals surface area contributed by atoms with Crippen molar-refractivity contribution in [1.29, 1.82) is 0 Å². The van der Waals surface area contributed by atoms with E-state index in [4.69, 9.17) is 10.5 Å². The predicted octanol–water partition coefficient (Wildman–Crippen LogP) is 3.40. The number of rotatable bonds is 4. The first-order valence-electron chi connectivity index (χ1n) is 11.2. The number of carbonyl (C=O) groups is 2. The normalized spacial score (nSPS) is 35.7. The highest BCUT2D eigenvalue weighted by Gasteiger charge is 2.59. The number of primary amides is 1. The van der Waals surface area contributed by atoms with Crippen LogP contribution in [0.3, 0.4) is 0 Å². The molecule has 2 heterocycles. The maximum atomic E-state index is 12.8. The zero-order chi connectivity index (χ0) is 22.7. The minimum absolute atomic E-state index is 0.108. The lowest BCUT2D eigenvalue weighted by Gasteiger charge is -2.58. The van der Waals surface area contributed by atoms with Crippen LogP contribution in [0.5, 0.6) is 0 Å². The summed E-state index contributed by atoms with van der Waals surface area (Å²) < 4.78 is 44.0. The number of hydrogen-bond acceptors (Lipinski definition) is 5. The van der Waals surface area contributed by atoms with Crippen molar-refractivity contribution in [2.24, 2.45) is 28.9 Å². The Kier molecular flexibility index (Phi) is 5.01. The summed E-state index contributed by atoms with van der Waals surface area (Å²) in [6.07, 6.45) is 0.739. The van der Waals surface area contributed by atoms with Gasteiger partial charge in [0.05, 0.1) is 11.0 Å². The molecule has 1 aromatic heterocycles. The van der Waals surface area contributed by atoms with Gasteiger partial charge in [0.1, 0.15) is 11.9 Å². The fourth-order valence-electron chi connectivity index (χ4n) is 6.56. The van der Waals surface area contributed by atoms with Gasteiger partial charge in [-0.15, -0.1) is 0 Å². The van der Waals surface area contributed by atoms with E-state index in [1.807, 2.05) is 0 Å². The molecule has 10 heteroatoms. The second-order valence-corrected chi connectivity index (χ2v) is 9.97. The van der Waals surface area contributed by atoms with Gasteiger partial charge >= 0.3 is 12.3 Å². The quantitative estimate of drug-likeness (QED) is 0.730. The van der Waals surface area contributed by atoms with Gasteiger partial charge in [-0.25, -0.2) is 9.78 Å². The topological polar surface area (TPSA) is 97.6 Å². The van der Waals surface area contributed by atoms with Crippen molar-refractivity contribution < 1.29 is 27.5 Å². The highest BCUT2D eigenvalue weighted by molar-refractivity contribution is 5.81. The van der Waals surface area contributed by atoms with Crippen LogP contribution in [-0.2, 0) is 15.7 Å². The van der Waals surface area contributed by atoms with Crippen molar-refractivity contribution in [2.75, 3.05) is 18.4 Å². The average Bonchev–Trinajstić information content (AvgIpc) is 3.18. The third-order valence-electron chi connectivity index (χ3n) is 7.84. The van der Waals surface area contributed by atoms with Crippen LogP contribution in [0.4, 0.5) is 23.8 Å². The monoisotopic (exact) mass is 452 g/mol. The van der Waals surface area contributed by atoms with Crippen molar-refractivity contribution in [3.63, 3.8) is 0 Å². The van der Waals surface area contributed by atoms with Crippen LogP contribution in [-0.4, -0.2) is 47.1 Å². The summed E-state index contributed by atoms with van der Waals surface area (Å²) in [5, 5.41) is 3.10. The van der Waals surface area contributed by atoms with Crippen LogP contribution in [0, 0.1) is 23.2 Å². The van der Waals surface area contributed by atoms with E-state index in [2.05, 4.69) is 10.3 Å². The van der Waals surface area contributed by atoms with Gasteiger partial charge in [-0.05, 0) is 68.4 Å². The van der Waals surface area contributed by atoms with E-state index in [1.165, 1.54) is 6.07 Å². The van der Waals surface area contributed by atoms with Gasteiger partial charge in [0.25, 0.3) is 0 Å². The summed E-state index contributed by atoms with van der Waals surface area (Å²) in [4.78, 5) is 30.4. The first kappa shape index (κ1) is 21.3. The summed E-state index contributed by atoms with van der Waals surface area (Å²) in [7, 11) is 0. The number of ether oxygens (including phenoxy) is 1. The lowest BCUT2D eigenvalue weighted by atomic mass is 9.48. The highest BCUT2D eigenvalue weighted by Crippen LogP contribution is 2.60. The smallest absolute Gasteiger partial charge is 0.417 e. The van der Waals surface area contributed by atoms with Gasteiger partial charge in [0.15, 0.2) is 0 Å². The zero-order valence-corrected chi connectivity index (χ0v) is 17.6. The Balaban J connectivity index is 1.16. The molecule has 32 heavy (non-hydrogen) atoms. The van der Waals surface area contributed by atoms with Crippen LogP contribution in [0.15, 0.2) is 18.3 Å². The number of aromatic nitrogens is 1. The maximum absolute atomic E-state index is 12.8. The van der Waals surface area contributed by atoms with Crippen molar-refractivity contribution in [2.45, 2.75) is 56.8 Å². The van der Waals surface area contributed by atoms with Gasteiger partial charge < -0.3 is 20.7 Å². The first-order chi connectivity index (χ1) is 15.1. The second-order valence-electron chi connectivity index (χ2n) is 9.97. The molecule has 1 unspecified atom stereocenters. The standard InChI is InChI=1S/C22H27F3N4O3/c23-22(24,25)15-1-2-17(27-10-15)28-16-3-4-29(11-16)20(31)32-18-13-5-12-6-14(18)9-21(7-12,8-13)19(26)30/h1-2,10,12-14,16,18H,3-9,11H2,(H2,26,30)(H,27,28)/t12?,13-,14-,16?,18?,21?/m1/s1. The number of anilines is 1. The van der Waals surface area contributed by atoms with Gasteiger partial charge in [-0.2, -0.15) is 13.2 Å². The Hall–Kier alpha value is -2.52. The lowest BCUT2D eigenvalue weighted by molar-refractivity contribution is -0.161. The molecule has 2 amide bonds. The molecule has 5 fully saturated rings. The molecule has 1 aliphatic heterocycles. The third-order valence-corrected chi connectivity index (χ3v) is 7.84. The Bertz CT molecular complexity index is 891. The number of halogens is 3. The Labute approximate surface area is 183 Å². The molecule has 1 aromatic rings. The Morgan fingerprint density at radius 1 is 1.19 bits per heavy atom. The number of alkyl halides is 3. The van der Waals surface area contributed by atoms with Crippen molar-refractivity contribution >= 4 is 17.8 Å².